The summed E-state index contributed by atoms with van der Waals surface area (Å²) in [5, 5.41) is 10.6. The Balaban J connectivity index is 0.00000280. The average Bonchev–Trinajstić information content (AvgIpc) is 3.33. The van der Waals surface area contributed by atoms with Crippen LogP contribution in [-0.4, -0.2) is 50.1 Å². The van der Waals surface area contributed by atoms with Crippen LogP contribution in [0.4, 0.5) is 0 Å². The van der Waals surface area contributed by atoms with Crippen LogP contribution in [-0.2, 0) is 18.4 Å². The first-order valence-corrected chi connectivity index (χ1v) is 8.83. The third-order valence-electron chi connectivity index (χ3n) is 4.90. The van der Waals surface area contributed by atoms with Crippen molar-refractivity contribution in [3.63, 3.8) is 0 Å². The van der Waals surface area contributed by atoms with Gasteiger partial charge in [0, 0.05) is 38.8 Å². The molecule has 154 valence electrons. The molecule has 0 radical (unpaired) electrons. The molecule has 0 aliphatic carbocycles. The van der Waals surface area contributed by atoms with Crippen molar-refractivity contribution < 1.29 is 19.0 Å². The number of halogens is 1. The van der Waals surface area contributed by atoms with E-state index in [1.54, 1.807) is 26.0 Å². The van der Waals surface area contributed by atoms with Crippen LogP contribution in [0.2, 0.25) is 0 Å². The number of nitrogens with zero attached hydrogens (tertiary/aromatic N) is 2. The summed E-state index contributed by atoms with van der Waals surface area (Å²) in [6.45, 7) is 1.81. The number of carbonyl (C=O) groups is 1. The van der Waals surface area contributed by atoms with Crippen LogP contribution in [0.1, 0.15) is 17.0 Å². The Bertz CT molecular complexity index is 786. The first-order chi connectivity index (χ1) is 13.1. The second-order valence-electron chi connectivity index (χ2n) is 6.57. The van der Waals surface area contributed by atoms with E-state index in [-0.39, 0.29) is 30.2 Å². The number of rotatable bonds is 7. The Hall–Kier alpha value is -2.45. The molecule has 0 unspecified atom stereocenters. The molecule has 1 amide bonds. The number of aryl methyl sites for hydroxylation is 1. The van der Waals surface area contributed by atoms with E-state index in [9.17, 15) is 4.79 Å². The van der Waals surface area contributed by atoms with Crippen molar-refractivity contribution in [2.45, 2.75) is 12.5 Å². The fourth-order valence-corrected chi connectivity index (χ4v) is 3.49. The summed E-state index contributed by atoms with van der Waals surface area (Å²) in [6.07, 6.45) is 3.80. The number of aromatic nitrogens is 2. The number of nitrogens with one attached hydrogen (secondary N) is 2. The number of ether oxygens (including phenoxy) is 3. The van der Waals surface area contributed by atoms with Crippen molar-refractivity contribution in [3.8, 4) is 17.2 Å². The Labute approximate surface area is 170 Å². The second kappa shape index (κ2) is 9.66. The van der Waals surface area contributed by atoms with E-state index >= 15 is 0 Å². The van der Waals surface area contributed by atoms with Gasteiger partial charge in [-0.05, 0) is 23.3 Å². The summed E-state index contributed by atoms with van der Waals surface area (Å²) in [5.74, 6) is 1.68. The normalized spacial score (nSPS) is 18.3. The van der Waals surface area contributed by atoms with E-state index in [2.05, 4.69) is 15.7 Å². The number of carbonyl (C=O) groups excluding carboxylic acids is 1. The maximum atomic E-state index is 12.8. The predicted molar refractivity (Wildman–Crippen MR) is 108 cm³/mol. The van der Waals surface area contributed by atoms with Crippen molar-refractivity contribution in [3.05, 3.63) is 35.7 Å². The fourth-order valence-electron chi connectivity index (χ4n) is 3.49. The molecule has 9 heteroatoms. The summed E-state index contributed by atoms with van der Waals surface area (Å²) in [5.41, 5.74) is 1.96. The van der Waals surface area contributed by atoms with Gasteiger partial charge in [-0.2, -0.15) is 5.10 Å². The van der Waals surface area contributed by atoms with Gasteiger partial charge in [-0.1, -0.05) is 0 Å². The molecule has 28 heavy (non-hydrogen) atoms. The molecule has 2 atom stereocenters. The van der Waals surface area contributed by atoms with Gasteiger partial charge in [0.05, 0.1) is 33.4 Å². The highest BCUT2D eigenvalue weighted by atomic mass is 35.5. The Morgan fingerprint density at radius 1 is 1.21 bits per heavy atom. The van der Waals surface area contributed by atoms with Gasteiger partial charge in [0.1, 0.15) is 0 Å². The molecule has 2 N–H and O–H groups in total. The van der Waals surface area contributed by atoms with Gasteiger partial charge >= 0.3 is 0 Å². The topological polar surface area (TPSA) is 86.6 Å². The van der Waals surface area contributed by atoms with Crippen LogP contribution < -0.4 is 24.8 Å². The molecule has 1 aromatic heterocycles. The standard InChI is InChI=1S/C19H26N4O4.ClH/c1-23-11-13(8-22-23)14-9-20-10-15(14)19(24)21-7-12-5-16(25-2)18(27-4)17(6-12)26-3;/h5-6,8,11,14-15,20H,7,9-10H2,1-4H3,(H,21,24);1H/t14-,15+;/m1./s1. The largest absolute Gasteiger partial charge is 0.493 e. The molecule has 1 saturated heterocycles. The van der Waals surface area contributed by atoms with Crippen LogP contribution in [0, 0.1) is 5.92 Å². The molecule has 0 saturated carbocycles. The molecule has 8 nitrogen and oxygen atoms in total. The lowest BCUT2D eigenvalue weighted by atomic mass is 9.90. The Morgan fingerprint density at radius 2 is 1.89 bits per heavy atom. The van der Waals surface area contributed by atoms with Crippen LogP contribution in [0.15, 0.2) is 24.5 Å². The van der Waals surface area contributed by atoms with Crippen molar-refractivity contribution in [1.29, 1.82) is 0 Å². The van der Waals surface area contributed by atoms with Gasteiger partial charge in [0.15, 0.2) is 11.5 Å². The monoisotopic (exact) mass is 410 g/mol. The first-order valence-electron chi connectivity index (χ1n) is 8.83. The van der Waals surface area contributed by atoms with Crippen molar-refractivity contribution in [2.24, 2.45) is 13.0 Å². The number of benzene rings is 1. The van der Waals surface area contributed by atoms with E-state index in [0.717, 1.165) is 17.7 Å². The average molecular weight is 411 g/mol. The molecule has 1 fully saturated rings. The molecule has 0 spiro atoms. The molecule has 1 aliphatic rings. The number of amides is 1. The predicted octanol–water partition coefficient (Wildman–Crippen LogP) is 1.49. The van der Waals surface area contributed by atoms with E-state index in [1.807, 2.05) is 31.6 Å². The Kier molecular flexibility index (Phi) is 7.53. The molecule has 2 heterocycles. The van der Waals surface area contributed by atoms with Gasteiger partial charge in [-0.3, -0.25) is 9.48 Å². The SMILES string of the molecule is COc1cc(CNC(=O)[C@H]2CNC[C@@H]2c2cnn(C)c2)cc(OC)c1OC.Cl. The summed E-state index contributed by atoms with van der Waals surface area (Å²) < 4.78 is 17.8. The maximum absolute atomic E-state index is 12.8. The molecular weight excluding hydrogens is 384 g/mol. The van der Waals surface area contributed by atoms with Gasteiger partial charge in [0.25, 0.3) is 0 Å². The molecule has 2 aromatic rings. The Morgan fingerprint density at radius 3 is 2.43 bits per heavy atom. The summed E-state index contributed by atoms with van der Waals surface area (Å²) in [7, 11) is 6.59. The minimum Gasteiger partial charge on any atom is -0.493 e. The maximum Gasteiger partial charge on any atom is 0.225 e. The van der Waals surface area contributed by atoms with E-state index < -0.39 is 0 Å². The minimum absolute atomic E-state index is 0. The van der Waals surface area contributed by atoms with Gasteiger partial charge < -0.3 is 24.8 Å². The molecule has 1 aromatic carbocycles. The fraction of sp³-hybridized carbons (Fsp3) is 0.474. The first kappa shape index (κ1) is 21.8. The van der Waals surface area contributed by atoms with Crippen LogP contribution in [0.25, 0.3) is 0 Å². The number of methoxy groups -OCH3 is 3. The third-order valence-corrected chi connectivity index (χ3v) is 4.90. The van der Waals surface area contributed by atoms with Gasteiger partial charge in [0.2, 0.25) is 11.7 Å². The van der Waals surface area contributed by atoms with Crippen molar-refractivity contribution >= 4 is 18.3 Å². The zero-order chi connectivity index (χ0) is 19.4. The number of hydrogen-bond donors (Lipinski definition) is 2. The van der Waals surface area contributed by atoms with Crippen LogP contribution in [0.3, 0.4) is 0 Å². The molecule has 0 bridgehead atoms. The smallest absolute Gasteiger partial charge is 0.225 e. The summed E-state index contributed by atoms with van der Waals surface area (Å²) in [4.78, 5) is 12.8. The second-order valence-corrected chi connectivity index (χ2v) is 6.57. The minimum atomic E-state index is -0.128. The quantitative estimate of drug-likeness (QED) is 0.719. The lowest BCUT2D eigenvalue weighted by Crippen LogP contribution is -2.34. The highest BCUT2D eigenvalue weighted by molar-refractivity contribution is 5.85. The lowest BCUT2D eigenvalue weighted by molar-refractivity contribution is -0.125. The van der Waals surface area contributed by atoms with Gasteiger partial charge in [-0.25, -0.2) is 0 Å². The van der Waals surface area contributed by atoms with Gasteiger partial charge in [-0.15, -0.1) is 12.4 Å². The van der Waals surface area contributed by atoms with E-state index in [1.165, 1.54) is 0 Å². The van der Waals surface area contributed by atoms with E-state index in [4.69, 9.17) is 14.2 Å². The third kappa shape index (κ3) is 4.51. The lowest BCUT2D eigenvalue weighted by Gasteiger charge is -2.18. The zero-order valence-electron chi connectivity index (χ0n) is 16.5. The summed E-state index contributed by atoms with van der Waals surface area (Å²) in [6, 6.07) is 3.68. The van der Waals surface area contributed by atoms with Crippen molar-refractivity contribution in [1.82, 2.24) is 20.4 Å². The zero-order valence-corrected chi connectivity index (χ0v) is 17.3. The number of hydrogen-bond acceptors (Lipinski definition) is 6. The molecular formula is C19H27ClN4O4. The molecule has 1 aliphatic heterocycles. The molecule has 3 rings (SSSR count). The van der Waals surface area contributed by atoms with Crippen LogP contribution in [0.5, 0.6) is 17.2 Å². The van der Waals surface area contributed by atoms with E-state index in [0.29, 0.717) is 30.3 Å². The highest BCUT2D eigenvalue weighted by Gasteiger charge is 2.34. The summed E-state index contributed by atoms with van der Waals surface area (Å²) >= 11 is 0. The van der Waals surface area contributed by atoms with Crippen molar-refractivity contribution in [2.75, 3.05) is 34.4 Å². The van der Waals surface area contributed by atoms with Crippen LogP contribution >= 0.6 is 12.4 Å². The highest BCUT2D eigenvalue weighted by Crippen LogP contribution is 2.38.